The minimum absolute atomic E-state index is 0.0761. The lowest BCUT2D eigenvalue weighted by Crippen LogP contribution is -2.71. The Kier molecular flexibility index (Phi) is 7.68. The van der Waals surface area contributed by atoms with Crippen LogP contribution in [0, 0.1) is 6.92 Å². The largest absolute Gasteiger partial charge is 0.477 e. The fraction of sp³-hybridized carbons (Fsp3) is 0.333. The third-order valence-electron chi connectivity index (χ3n) is 4.74. The average molecular weight is 556 g/mol. The molecule has 1 saturated heterocycles. The molecule has 17 heteroatoms. The summed E-state index contributed by atoms with van der Waals surface area (Å²) in [6.45, 7) is 1.77. The zero-order valence-electron chi connectivity index (χ0n) is 18.1. The number of thiazole rings is 1. The van der Waals surface area contributed by atoms with Gasteiger partial charge in [-0.05, 0) is 24.0 Å². The molecular formula is C18H17N7O6S4. The Labute approximate surface area is 214 Å². The number of nitrogens with one attached hydrogen (secondary N) is 2. The predicted molar refractivity (Wildman–Crippen MR) is 130 cm³/mol. The van der Waals surface area contributed by atoms with Crippen molar-refractivity contribution >= 4 is 81.4 Å². The third kappa shape index (κ3) is 5.16. The van der Waals surface area contributed by atoms with Crippen LogP contribution in [0.3, 0.4) is 0 Å². The minimum atomic E-state index is -1.21. The number of amides is 3. The van der Waals surface area contributed by atoms with Gasteiger partial charge in [0.2, 0.25) is 6.41 Å². The van der Waals surface area contributed by atoms with Crippen molar-refractivity contribution in [3.05, 3.63) is 28.2 Å². The summed E-state index contributed by atoms with van der Waals surface area (Å²) in [5.74, 6) is -1.11. The van der Waals surface area contributed by atoms with Gasteiger partial charge >= 0.3 is 5.97 Å². The summed E-state index contributed by atoms with van der Waals surface area (Å²) >= 11 is 5.03. The molecule has 0 radical (unpaired) electrons. The molecule has 2 aromatic heterocycles. The second-order valence-electron chi connectivity index (χ2n) is 6.94. The quantitative estimate of drug-likeness (QED) is 0.124. The van der Waals surface area contributed by atoms with Gasteiger partial charge in [-0.25, -0.2) is 14.8 Å². The molecule has 2 aliphatic rings. The maximum absolute atomic E-state index is 12.9. The van der Waals surface area contributed by atoms with Crippen molar-refractivity contribution in [1.29, 1.82) is 0 Å². The number of anilines is 1. The lowest BCUT2D eigenvalue weighted by molar-refractivity contribution is -0.150. The molecule has 0 spiro atoms. The molecule has 1 unspecified atom stereocenters. The van der Waals surface area contributed by atoms with Crippen molar-refractivity contribution in [3.8, 4) is 0 Å². The fourth-order valence-electron chi connectivity index (χ4n) is 3.28. The van der Waals surface area contributed by atoms with E-state index in [0.29, 0.717) is 33.7 Å². The summed E-state index contributed by atoms with van der Waals surface area (Å²) in [7, 11) is 1.25. The summed E-state index contributed by atoms with van der Waals surface area (Å²) in [5.41, 5.74) is 0.478. The van der Waals surface area contributed by atoms with E-state index in [-0.39, 0.29) is 22.2 Å². The summed E-state index contributed by atoms with van der Waals surface area (Å²) in [6.07, 6.45) is 0.451. The first-order valence-electron chi connectivity index (χ1n) is 9.75. The number of carboxylic acids is 1. The van der Waals surface area contributed by atoms with Crippen LogP contribution in [0.2, 0.25) is 0 Å². The van der Waals surface area contributed by atoms with Crippen LogP contribution in [-0.4, -0.2) is 84.3 Å². The zero-order chi connectivity index (χ0) is 25.1. The van der Waals surface area contributed by atoms with E-state index in [2.05, 4.69) is 30.1 Å². The SMILES string of the molecule is CON=C(C(=O)NC1C(=O)N2C(C(=O)O)=C(CSc3nc(C)ns3)CS[C@@H]12)c1csc(NC=O)n1. The molecule has 4 rings (SSSR count). The highest BCUT2D eigenvalue weighted by atomic mass is 32.2. The van der Waals surface area contributed by atoms with Crippen LogP contribution < -0.4 is 10.6 Å². The topological polar surface area (TPSA) is 176 Å². The molecular weight excluding hydrogens is 539 g/mol. The maximum Gasteiger partial charge on any atom is 0.352 e. The third-order valence-corrected chi connectivity index (χ3v) is 8.87. The summed E-state index contributed by atoms with van der Waals surface area (Å²) in [5, 5.41) is 19.7. The van der Waals surface area contributed by atoms with Crippen molar-refractivity contribution in [3.63, 3.8) is 0 Å². The summed E-state index contributed by atoms with van der Waals surface area (Å²) in [6, 6.07) is -0.949. The van der Waals surface area contributed by atoms with E-state index in [0.717, 1.165) is 11.3 Å². The minimum Gasteiger partial charge on any atom is -0.477 e. The highest BCUT2D eigenvalue weighted by molar-refractivity contribution is 8.01. The highest BCUT2D eigenvalue weighted by Gasteiger charge is 2.54. The highest BCUT2D eigenvalue weighted by Crippen LogP contribution is 2.41. The lowest BCUT2D eigenvalue weighted by Gasteiger charge is -2.49. The first kappa shape index (κ1) is 25.1. The second-order valence-corrected chi connectivity index (χ2v) is 10.9. The molecule has 2 aliphatic heterocycles. The molecule has 0 saturated carbocycles. The number of nitrogens with zero attached hydrogens (tertiary/aromatic N) is 5. The number of oxime groups is 1. The molecule has 4 heterocycles. The van der Waals surface area contributed by atoms with Crippen molar-refractivity contribution in [2.45, 2.75) is 22.7 Å². The summed E-state index contributed by atoms with van der Waals surface area (Å²) < 4.78 is 4.82. The number of β-lactam (4-membered cyclic amide) rings is 1. The number of hydrogen-bond donors (Lipinski definition) is 3. The molecule has 0 aromatic carbocycles. The molecule has 0 bridgehead atoms. The number of carbonyl (C=O) groups is 4. The number of aliphatic carboxylic acids is 1. The van der Waals surface area contributed by atoms with Gasteiger partial charge in [-0.1, -0.05) is 16.9 Å². The van der Waals surface area contributed by atoms with Gasteiger partial charge in [-0.15, -0.1) is 23.1 Å². The number of thioether (sulfide) groups is 2. The molecule has 2 atom stereocenters. The standard InChI is InChI=1S/C18H17N7O6S4/c1-7-20-18(35-24-7)34-4-8-3-32-15-11(14(28)25(15)12(8)16(29)30)22-13(27)10(23-31-2)9-5-33-17(21-9)19-6-26/h5-6,11,15H,3-4H2,1-2H3,(H,22,27)(H,29,30)(H,19,21,26)/t11?,15-/m0/s1. The van der Waals surface area contributed by atoms with Gasteiger partial charge in [-0.3, -0.25) is 19.3 Å². The van der Waals surface area contributed by atoms with E-state index in [1.807, 2.05) is 0 Å². The zero-order valence-corrected chi connectivity index (χ0v) is 21.3. The number of aryl methyl sites for hydroxylation is 1. The van der Waals surface area contributed by atoms with E-state index in [1.54, 1.807) is 6.92 Å². The smallest absolute Gasteiger partial charge is 0.352 e. The molecule has 184 valence electrons. The van der Waals surface area contributed by atoms with Gasteiger partial charge in [0, 0.05) is 16.9 Å². The molecule has 3 N–H and O–H groups in total. The molecule has 3 amide bonds. The van der Waals surface area contributed by atoms with Gasteiger partial charge < -0.3 is 20.6 Å². The number of fused-ring (bicyclic) bond motifs is 1. The van der Waals surface area contributed by atoms with Crippen LogP contribution in [0.5, 0.6) is 0 Å². The second kappa shape index (κ2) is 10.7. The predicted octanol–water partition coefficient (Wildman–Crippen LogP) is 0.753. The lowest BCUT2D eigenvalue weighted by atomic mass is 10.0. The van der Waals surface area contributed by atoms with E-state index in [9.17, 15) is 24.3 Å². The Hall–Kier alpha value is -3.02. The van der Waals surface area contributed by atoms with E-state index < -0.39 is 29.2 Å². The number of carbonyl (C=O) groups excluding carboxylic acids is 3. The Morgan fingerprint density at radius 1 is 1.43 bits per heavy atom. The van der Waals surface area contributed by atoms with E-state index >= 15 is 0 Å². The number of rotatable bonds is 10. The van der Waals surface area contributed by atoms with Crippen LogP contribution in [0.1, 0.15) is 11.5 Å². The Balaban J connectivity index is 1.48. The van der Waals surface area contributed by atoms with Crippen molar-refractivity contribution in [2.24, 2.45) is 5.16 Å². The maximum atomic E-state index is 12.9. The number of aromatic nitrogens is 3. The van der Waals surface area contributed by atoms with Gasteiger partial charge in [0.05, 0.1) is 0 Å². The van der Waals surface area contributed by atoms with Gasteiger partial charge in [0.25, 0.3) is 11.8 Å². The monoisotopic (exact) mass is 555 g/mol. The molecule has 0 aliphatic carbocycles. The Morgan fingerprint density at radius 3 is 2.89 bits per heavy atom. The molecule has 35 heavy (non-hydrogen) atoms. The first-order chi connectivity index (χ1) is 16.8. The van der Waals surface area contributed by atoms with Gasteiger partial charge in [-0.2, -0.15) is 4.37 Å². The number of hydrogen-bond acceptors (Lipinski definition) is 13. The van der Waals surface area contributed by atoms with Crippen molar-refractivity contribution in [1.82, 2.24) is 24.6 Å². The van der Waals surface area contributed by atoms with Gasteiger partial charge in [0.1, 0.15) is 35.7 Å². The van der Waals surface area contributed by atoms with Crippen LogP contribution in [0.4, 0.5) is 5.13 Å². The van der Waals surface area contributed by atoms with Gasteiger partial charge in [0.15, 0.2) is 15.2 Å². The van der Waals surface area contributed by atoms with Crippen LogP contribution in [0.15, 0.2) is 26.1 Å². The first-order valence-corrected chi connectivity index (χ1v) is 13.4. The van der Waals surface area contributed by atoms with Crippen LogP contribution >= 0.6 is 46.4 Å². The average Bonchev–Trinajstić information content (AvgIpc) is 3.47. The fourth-order valence-corrected chi connectivity index (χ4v) is 7.07. The Bertz CT molecular complexity index is 1240. The normalized spacial score (nSPS) is 19.7. The van der Waals surface area contributed by atoms with Crippen LogP contribution in [-0.2, 0) is 24.0 Å². The molecule has 2 aromatic rings. The molecule has 1 fully saturated rings. The molecule has 13 nitrogen and oxygen atoms in total. The number of carboxylic acid groups (broad SMARTS) is 1. The van der Waals surface area contributed by atoms with Crippen LogP contribution in [0.25, 0.3) is 0 Å². The van der Waals surface area contributed by atoms with E-state index in [4.69, 9.17) is 4.84 Å². The van der Waals surface area contributed by atoms with E-state index in [1.165, 1.54) is 52.4 Å². The summed E-state index contributed by atoms with van der Waals surface area (Å²) in [4.78, 5) is 62.7. The van der Waals surface area contributed by atoms with Crippen molar-refractivity contribution in [2.75, 3.05) is 23.9 Å². The van der Waals surface area contributed by atoms with Crippen molar-refractivity contribution < 1.29 is 29.1 Å². The Morgan fingerprint density at radius 2 is 2.23 bits per heavy atom.